The Labute approximate surface area is 95.8 Å². The van der Waals surface area contributed by atoms with E-state index in [0.29, 0.717) is 0 Å². The predicted octanol–water partition coefficient (Wildman–Crippen LogP) is 0.621. The maximum atomic E-state index is 12.1. The Kier molecular flexibility index (Phi) is 1.48. The second-order valence-corrected chi connectivity index (χ2v) is 3.89. The van der Waals surface area contributed by atoms with E-state index in [1.807, 2.05) is 0 Å². The molecule has 80 valence electrons. The van der Waals surface area contributed by atoms with E-state index >= 15 is 0 Å². The van der Waals surface area contributed by atoms with Crippen molar-refractivity contribution in [1.29, 1.82) is 10.5 Å². The first-order valence-corrected chi connectivity index (χ1v) is 4.84. The summed E-state index contributed by atoms with van der Waals surface area (Å²) in [6, 6.07) is 9.40. The molecule has 5 heteroatoms. The molecular weight excluding hydrogens is 220 g/mol. The van der Waals surface area contributed by atoms with Crippen LogP contribution in [0.1, 0.15) is 20.7 Å². The third kappa shape index (κ3) is 0.791. The van der Waals surface area contributed by atoms with Crippen molar-refractivity contribution in [2.24, 2.45) is 0 Å². The topological polar surface area (TPSA) is 94.2 Å². The van der Waals surface area contributed by atoms with Gasteiger partial charge in [0.15, 0.2) is 0 Å². The molecule has 3 rings (SSSR count). The van der Waals surface area contributed by atoms with Gasteiger partial charge in [-0.05, 0) is 0 Å². The standard InChI is InChI=1S/C12H4N2O3/c13-5-11-9(15)7-3-1-2-4-8(7)10(16)12(11,6-14)17-11/h1-4H/t11-,12+. The molecule has 0 unspecified atom stereocenters. The molecule has 1 fully saturated rings. The summed E-state index contributed by atoms with van der Waals surface area (Å²) in [5.74, 6) is -1.23. The molecule has 1 heterocycles. The Morgan fingerprint density at radius 2 is 1.35 bits per heavy atom. The highest BCUT2D eigenvalue weighted by atomic mass is 16.6. The molecule has 0 bridgehead atoms. The average molecular weight is 224 g/mol. The normalized spacial score (nSPS) is 33.1. The van der Waals surface area contributed by atoms with Gasteiger partial charge in [-0.25, -0.2) is 0 Å². The number of Topliss-reactive ketones (excluding diaryl/α,β-unsaturated/α-hetero) is 2. The molecule has 17 heavy (non-hydrogen) atoms. The van der Waals surface area contributed by atoms with Crippen LogP contribution in [0, 0.1) is 22.7 Å². The Hall–Kier alpha value is -2.50. The van der Waals surface area contributed by atoms with E-state index in [2.05, 4.69) is 0 Å². The summed E-state index contributed by atoms with van der Waals surface area (Å²) in [5.41, 5.74) is -3.59. The number of benzene rings is 1. The zero-order valence-corrected chi connectivity index (χ0v) is 8.43. The van der Waals surface area contributed by atoms with E-state index in [0.717, 1.165) is 0 Å². The molecule has 5 nitrogen and oxygen atoms in total. The van der Waals surface area contributed by atoms with Crippen molar-refractivity contribution in [1.82, 2.24) is 0 Å². The van der Waals surface area contributed by atoms with E-state index in [1.54, 1.807) is 24.3 Å². The summed E-state index contributed by atoms with van der Waals surface area (Å²) in [6.45, 7) is 0. The van der Waals surface area contributed by atoms with Gasteiger partial charge in [-0.15, -0.1) is 0 Å². The summed E-state index contributed by atoms with van der Waals surface area (Å²) in [5, 5.41) is 18.0. The van der Waals surface area contributed by atoms with Crippen molar-refractivity contribution in [2.45, 2.75) is 11.2 Å². The van der Waals surface area contributed by atoms with Gasteiger partial charge in [0.1, 0.15) is 12.1 Å². The lowest BCUT2D eigenvalue weighted by Gasteiger charge is -2.16. The molecule has 1 aromatic carbocycles. The number of rotatable bonds is 0. The fourth-order valence-corrected chi connectivity index (χ4v) is 2.18. The molecule has 2 atom stereocenters. The van der Waals surface area contributed by atoms with Gasteiger partial charge in [0.2, 0.25) is 11.6 Å². The highest BCUT2D eigenvalue weighted by Gasteiger charge is 2.83. The van der Waals surface area contributed by atoms with Crippen LogP contribution < -0.4 is 0 Å². The van der Waals surface area contributed by atoms with Gasteiger partial charge in [-0.3, -0.25) is 9.59 Å². The third-order valence-electron chi connectivity index (χ3n) is 3.13. The molecule has 0 amide bonds. The van der Waals surface area contributed by atoms with Gasteiger partial charge in [-0.2, -0.15) is 10.5 Å². The molecule has 0 N–H and O–H groups in total. The molecule has 0 spiro atoms. The molecule has 0 aromatic heterocycles. The van der Waals surface area contributed by atoms with Crippen molar-refractivity contribution in [3.05, 3.63) is 35.4 Å². The van der Waals surface area contributed by atoms with Crippen molar-refractivity contribution < 1.29 is 14.3 Å². The summed E-state index contributed by atoms with van der Waals surface area (Å²) in [4.78, 5) is 24.1. The lowest BCUT2D eigenvalue weighted by molar-refractivity contribution is 0.0882. The van der Waals surface area contributed by atoms with Crippen molar-refractivity contribution in [2.75, 3.05) is 0 Å². The average Bonchev–Trinajstić information content (AvgIpc) is 3.08. The Morgan fingerprint density at radius 1 is 0.941 bits per heavy atom. The number of fused-ring (bicyclic) bond motifs is 2. The first-order chi connectivity index (χ1) is 8.13. The number of hydrogen-bond acceptors (Lipinski definition) is 5. The highest BCUT2D eigenvalue weighted by Crippen LogP contribution is 2.54. The molecule has 0 radical (unpaired) electrons. The molecule has 1 aliphatic carbocycles. The fourth-order valence-electron chi connectivity index (χ4n) is 2.18. The smallest absolute Gasteiger partial charge is 0.269 e. The van der Waals surface area contributed by atoms with Crippen molar-refractivity contribution in [3.63, 3.8) is 0 Å². The minimum Gasteiger partial charge on any atom is -0.316 e. The summed E-state index contributed by atoms with van der Waals surface area (Å²) < 4.78 is 4.94. The maximum Gasteiger partial charge on any atom is 0.269 e. The molecule has 2 aliphatic rings. The van der Waals surface area contributed by atoms with Gasteiger partial charge < -0.3 is 4.74 Å². The first kappa shape index (κ1) is 9.71. The van der Waals surface area contributed by atoms with Gasteiger partial charge in [0.25, 0.3) is 11.2 Å². The number of epoxide rings is 1. The number of hydrogen-bond donors (Lipinski definition) is 0. The van der Waals surface area contributed by atoms with Crippen molar-refractivity contribution >= 4 is 11.6 Å². The maximum absolute atomic E-state index is 12.1. The monoisotopic (exact) mass is 224 g/mol. The number of nitrogens with zero attached hydrogens (tertiary/aromatic N) is 2. The number of carbonyl (C=O) groups excluding carboxylic acids is 2. The minimum absolute atomic E-state index is 0.141. The van der Waals surface area contributed by atoms with E-state index in [4.69, 9.17) is 15.3 Å². The predicted molar refractivity (Wildman–Crippen MR) is 52.9 cm³/mol. The van der Waals surface area contributed by atoms with Crippen LogP contribution in [0.25, 0.3) is 0 Å². The molecular formula is C12H4N2O3. The molecule has 1 saturated heterocycles. The summed E-state index contributed by atoms with van der Waals surface area (Å²) in [6.07, 6.45) is 0. The first-order valence-electron chi connectivity index (χ1n) is 4.84. The largest absolute Gasteiger partial charge is 0.316 e. The van der Waals surface area contributed by atoms with Crippen LogP contribution in [0.2, 0.25) is 0 Å². The highest BCUT2D eigenvalue weighted by molar-refractivity contribution is 6.27. The van der Waals surface area contributed by atoms with Crippen LogP contribution in [-0.4, -0.2) is 22.8 Å². The lowest BCUT2D eigenvalue weighted by Crippen LogP contribution is -2.43. The lowest BCUT2D eigenvalue weighted by atomic mass is 9.75. The zero-order chi connectivity index (χ0) is 12.3. The van der Waals surface area contributed by atoms with Crippen LogP contribution >= 0.6 is 0 Å². The Bertz CT molecular complexity index is 610. The van der Waals surface area contributed by atoms with E-state index in [-0.39, 0.29) is 11.1 Å². The second-order valence-electron chi connectivity index (χ2n) is 3.89. The number of ether oxygens (including phenoxy) is 1. The number of nitriles is 2. The van der Waals surface area contributed by atoms with Crippen molar-refractivity contribution in [3.8, 4) is 12.1 Å². The van der Waals surface area contributed by atoms with Crippen LogP contribution in [0.15, 0.2) is 24.3 Å². The summed E-state index contributed by atoms with van der Waals surface area (Å²) in [7, 11) is 0. The van der Waals surface area contributed by atoms with E-state index in [9.17, 15) is 9.59 Å². The van der Waals surface area contributed by atoms with E-state index < -0.39 is 22.8 Å². The quantitative estimate of drug-likeness (QED) is 0.602. The van der Waals surface area contributed by atoms with Gasteiger partial charge in [0.05, 0.1) is 0 Å². The fraction of sp³-hybridized carbons (Fsp3) is 0.167. The van der Waals surface area contributed by atoms with E-state index in [1.165, 1.54) is 12.1 Å². The van der Waals surface area contributed by atoms with Crippen LogP contribution in [-0.2, 0) is 4.74 Å². The van der Waals surface area contributed by atoms with Gasteiger partial charge in [0, 0.05) is 11.1 Å². The van der Waals surface area contributed by atoms with Gasteiger partial charge in [-0.1, -0.05) is 24.3 Å². The molecule has 1 aliphatic heterocycles. The Balaban J connectivity index is 2.34. The van der Waals surface area contributed by atoms with Crippen LogP contribution in [0.5, 0.6) is 0 Å². The van der Waals surface area contributed by atoms with Crippen LogP contribution in [0.3, 0.4) is 0 Å². The SMILES string of the molecule is N#C[C@@]12O[C@]1(C#N)C(=O)c1ccccc1C2=O. The van der Waals surface area contributed by atoms with Crippen LogP contribution in [0.4, 0.5) is 0 Å². The third-order valence-corrected chi connectivity index (χ3v) is 3.13. The number of carbonyl (C=O) groups is 2. The molecule has 0 saturated carbocycles. The second kappa shape index (κ2) is 2.60. The number of ketones is 2. The summed E-state index contributed by atoms with van der Waals surface area (Å²) >= 11 is 0. The zero-order valence-electron chi connectivity index (χ0n) is 8.43. The van der Waals surface area contributed by atoms with Gasteiger partial charge >= 0.3 is 0 Å². The Morgan fingerprint density at radius 3 is 1.71 bits per heavy atom. The minimum atomic E-state index is -1.94. The molecule has 1 aromatic rings.